The molecule has 0 fully saturated rings. The van der Waals surface area contributed by atoms with Crippen molar-refractivity contribution in [3.8, 4) is 0 Å². The number of benzene rings is 2. The average Bonchev–Trinajstić information content (AvgIpc) is 2.65. The number of nitrogens with zero attached hydrogens (tertiary/aromatic N) is 1. The first kappa shape index (κ1) is 25.8. The van der Waals surface area contributed by atoms with E-state index in [0.717, 1.165) is 37.3 Å². The summed E-state index contributed by atoms with van der Waals surface area (Å²) in [4.78, 5) is 12.5. The summed E-state index contributed by atoms with van der Waals surface area (Å²) in [5.74, 6) is -0.934. The van der Waals surface area contributed by atoms with Gasteiger partial charge in [0, 0.05) is 6.54 Å². The summed E-state index contributed by atoms with van der Waals surface area (Å²) in [6.07, 6.45) is -8.76. The van der Waals surface area contributed by atoms with Crippen LogP contribution in [0.5, 0.6) is 0 Å². The van der Waals surface area contributed by atoms with Gasteiger partial charge in [0.15, 0.2) is 0 Å². The van der Waals surface area contributed by atoms with Gasteiger partial charge in [-0.3, -0.25) is 9.10 Å². The summed E-state index contributed by atoms with van der Waals surface area (Å²) in [5, 5.41) is 1.64. The molecular formula is C19H17ClF6N2O3S. The lowest BCUT2D eigenvalue weighted by Gasteiger charge is -2.29. The van der Waals surface area contributed by atoms with Gasteiger partial charge in [-0.2, -0.15) is 26.3 Å². The minimum absolute atomic E-state index is 0.0946. The Morgan fingerprint density at radius 2 is 1.69 bits per heavy atom. The van der Waals surface area contributed by atoms with Gasteiger partial charge in [-0.15, -0.1) is 0 Å². The number of hydrogen-bond donors (Lipinski definition) is 1. The van der Waals surface area contributed by atoms with Crippen molar-refractivity contribution in [3.05, 3.63) is 64.2 Å². The second kappa shape index (κ2) is 9.18. The van der Waals surface area contributed by atoms with Gasteiger partial charge in [0.25, 0.3) is 0 Å². The van der Waals surface area contributed by atoms with Gasteiger partial charge in [0.05, 0.1) is 28.1 Å². The molecule has 32 heavy (non-hydrogen) atoms. The lowest BCUT2D eigenvalue weighted by atomic mass is 10.1. The predicted molar refractivity (Wildman–Crippen MR) is 107 cm³/mol. The molecule has 13 heteroatoms. The molecule has 0 bridgehead atoms. The summed E-state index contributed by atoms with van der Waals surface area (Å²) in [7, 11) is -4.23. The molecule has 0 aliphatic carbocycles. The minimum atomic E-state index is -4.87. The van der Waals surface area contributed by atoms with E-state index in [2.05, 4.69) is 5.32 Å². The maximum atomic E-state index is 13.2. The van der Waals surface area contributed by atoms with Crippen LogP contribution in [0.2, 0.25) is 5.02 Å². The highest BCUT2D eigenvalue weighted by atomic mass is 35.5. The molecule has 0 saturated heterocycles. The van der Waals surface area contributed by atoms with Gasteiger partial charge in [0.2, 0.25) is 15.9 Å². The highest BCUT2D eigenvalue weighted by Crippen LogP contribution is 2.37. The van der Waals surface area contributed by atoms with Gasteiger partial charge in [-0.25, -0.2) is 8.42 Å². The Kier molecular flexibility index (Phi) is 7.40. The van der Waals surface area contributed by atoms with Crippen molar-refractivity contribution in [2.45, 2.75) is 31.9 Å². The number of rotatable bonds is 6. The molecule has 5 nitrogen and oxygen atoms in total. The summed E-state index contributed by atoms with van der Waals surface area (Å²) in [6.45, 7) is 0.767. The average molecular weight is 503 g/mol. The van der Waals surface area contributed by atoms with Gasteiger partial charge in [0.1, 0.15) is 6.04 Å². The van der Waals surface area contributed by atoms with Crippen LogP contribution in [0.25, 0.3) is 0 Å². The van der Waals surface area contributed by atoms with Crippen molar-refractivity contribution < 1.29 is 39.6 Å². The second-order valence-electron chi connectivity index (χ2n) is 6.81. The van der Waals surface area contributed by atoms with Crippen LogP contribution in [0.3, 0.4) is 0 Å². The molecule has 1 amide bonds. The number of carbonyl (C=O) groups is 1. The molecule has 2 rings (SSSR count). The standard InChI is InChI=1S/C19H17ClF6N2O3S/c1-11(17(29)27-10-12-4-3-5-13(8-12)18(21,22)23)28(32(2,30)31)14-6-7-16(20)15(9-14)19(24,25)26/h3-9,11H,10H2,1-2H3,(H,27,29). The monoisotopic (exact) mass is 502 g/mol. The predicted octanol–water partition coefficient (Wildman–Crippen LogP) is 4.85. The largest absolute Gasteiger partial charge is 0.417 e. The Bertz CT molecular complexity index is 1100. The smallest absolute Gasteiger partial charge is 0.350 e. The molecule has 2 aromatic rings. The van der Waals surface area contributed by atoms with Crippen LogP contribution in [0.4, 0.5) is 32.0 Å². The molecule has 1 N–H and O–H groups in total. The number of carbonyl (C=O) groups excluding carboxylic acids is 1. The normalized spacial score (nSPS) is 13.5. The zero-order chi connectivity index (χ0) is 24.5. The summed E-state index contributed by atoms with van der Waals surface area (Å²) in [6, 6.07) is 4.97. The van der Waals surface area contributed by atoms with Gasteiger partial charge < -0.3 is 5.32 Å². The molecule has 2 aromatic carbocycles. The molecule has 0 aliphatic heterocycles. The van der Waals surface area contributed by atoms with E-state index in [9.17, 15) is 39.6 Å². The van der Waals surface area contributed by atoms with Gasteiger partial charge >= 0.3 is 12.4 Å². The van der Waals surface area contributed by atoms with E-state index in [1.54, 1.807) is 0 Å². The van der Waals surface area contributed by atoms with E-state index >= 15 is 0 Å². The van der Waals surface area contributed by atoms with Gasteiger partial charge in [-0.05, 0) is 42.8 Å². The molecular weight excluding hydrogens is 486 g/mol. The second-order valence-corrected chi connectivity index (χ2v) is 9.08. The highest BCUT2D eigenvalue weighted by Gasteiger charge is 2.36. The van der Waals surface area contributed by atoms with E-state index in [-0.39, 0.29) is 12.1 Å². The fourth-order valence-corrected chi connectivity index (χ4v) is 4.26. The van der Waals surface area contributed by atoms with Crippen molar-refractivity contribution >= 4 is 33.2 Å². The first-order valence-electron chi connectivity index (χ1n) is 8.82. The molecule has 1 atom stereocenters. The summed E-state index contributed by atoms with van der Waals surface area (Å²) < 4.78 is 103. The fourth-order valence-electron chi connectivity index (χ4n) is 2.87. The molecule has 0 spiro atoms. The summed E-state index contributed by atoms with van der Waals surface area (Å²) >= 11 is 5.56. The molecule has 0 saturated carbocycles. The quantitative estimate of drug-likeness (QED) is 0.574. The topological polar surface area (TPSA) is 66.5 Å². The van der Waals surface area contributed by atoms with Crippen molar-refractivity contribution in [1.82, 2.24) is 5.32 Å². The summed E-state index contributed by atoms with van der Waals surface area (Å²) in [5.41, 5.74) is -2.58. The third kappa shape index (κ3) is 6.28. The van der Waals surface area contributed by atoms with Crippen LogP contribution >= 0.6 is 11.6 Å². The van der Waals surface area contributed by atoms with E-state index in [4.69, 9.17) is 11.6 Å². The fraction of sp³-hybridized carbons (Fsp3) is 0.316. The van der Waals surface area contributed by atoms with E-state index in [1.165, 1.54) is 6.07 Å². The maximum Gasteiger partial charge on any atom is 0.417 e. The van der Waals surface area contributed by atoms with Crippen molar-refractivity contribution in [1.29, 1.82) is 0 Å². The highest BCUT2D eigenvalue weighted by molar-refractivity contribution is 7.92. The third-order valence-electron chi connectivity index (χ3n) is 4.32. The Morgan fingerprint density at radius 1 is 1.06 bits per heavy atom. The van der Waals surface area contributed by atoms with E-state index in [0.29, 0.717) is 16.6 Å². The minimum Gasteiger partial charge on any atom is -0.350 e. The lowest BCUT2D eigenvalue weighted by molar-refractivity contribution is -0.138. The van der Waals surface area contributed by atoms with Crippen molar-refractivity contribution in [2.24, 2.45) is 0 Å². The van der Waals surface area contributed by atoms with Crippen LogP contribution in [0.15, 0.2) is 42.5 Å². The Hall–Kier alpha value is -2.47. The number of alkyl halides is 6. The van der Waals surface area contributed by atoms with Crippen LogP contribution in [0.1, 0.15) is 23.6 Å². The Labute approximate surface area is 185 Å². The number of halogens is 7. The molecule has 1 unspecified atom stereocenters. The van der Waals surface area contributed by atoms with E-state index in [1.807, 2.05) is 0 Å². The maximum absolute atomic E-state index is 13.2. The molecule has 176 valence electrons. The third-order valence-corrected chi connectivity index (χ3v) is 5.89. The van der Waals surface area contributed by atoms with Crippen LogP contribution in [-0.2, 0) is 33.7 Å². The molecule has 0 radical (unpaired) electrons. The molecule has 0 aromatic heterocycles. The number of nitrogens with one attached hydrogen (secondary N) is 1. The number of anilines is 1. The first-order valence-corrected chi connectivity index (χ1v) is 11.0. The van der Waals surface area contributed by atoms with Crippen LogP contribution in [0, 0.1) is 0 Å². The lowest BCUT2D eigenvalue weighted by Crippen LogP contribution is -2.47. The number of amides is 1. The van der Waals surface area contributed by atoms with Crippen LogP contribution < -0.4 is 9.62 Å². The number of hydrogen-bond acceptors (Lipinski definition) is 3. The SMILES string of the molecule is CC(C(=O)NCc1cccc(C(F)(F)F)c1)N(c1ccc(Cl)c(C(F)(F)F)c1)S(C)(=O)=O. The zero-order valence-corrected chi connectivity index (χ0v) is 18.1. The van der Waals surface area contributed by atoms with Crippen molar-refractivity contribution in [2.75, 3.05) is 10.6 Å². The Balaban J connectivity index is 2.30. The molecule has 0 aliphatic rings. The Morgan fingerprint density at radius 3 is 2.22 bits per heavy atom. The molecule has 0 heterocycles. The number of sulfonamides is 1. The first-order chi connectivity index (χ1) is 14.5. The van der Waals surface area contributed by atoms with Gasteiger partial charge in [-0.1, -0.05) is 23.7 Å². The van der Waals surface area contributed by atoms with E-state index < -0.39 is 56.2 Å². The van der Waals surface area contributed by atoms with Crippen molar-refractivity contribution in [3.63, 3.8) is 0 Å². The zero-order valence-electron chi connectivity index (χ0n) is 16.6. The van der Waals surface area contributed by atoms with Crippen LogP contribution in [-0.4, -0.2) is 26.6 Å².